The van der Waals surface area contributed by atoms with Gasteiger partial charge in [0.15, 0.2) is 0 Å². The number of hydrogen-bond donors (Lipinski definition) is 1. The highest BCUT2D eigenvalue weighted by molar-refractivity contribution is 6.35. The minimum atomic E-state index is -0.735. The van der Waals surface area contributed by atoms with Gasteiger partial charge in [-0.3, -0.25) is 25.7 Å². The molecule has 0 aromatic heterocycles. The first kappa shape index (κ1) is 16.7. The molecule has 8 nitrogen and oxygen atoms in total. The lowest BCUT2D eigenvalue weighted by atomic mass is 10.2. The molecule has 0 saturated carbocycles. The highest BCUT2D eigenvalue weighted by Gasteiger charge is 2.18. The van der Waals surface area contributed by atoms with Gasteiger partial charge in [0.25, 0.3) is 5.69 Å². The molecule has 10 heteroatoms. The Morgan fingerprint density at radius 2 is 1.65 bits per heavy atom. The van der Waals surface area contributed by atoms with Crippen LogP contribution in [0.2, 0.25) is 10.0 Å². The predicted molar refractivity (Wildman–Crippen MR) is 87.4 cm³/mol. The van der Waals surface area contributed by atoms with Crippen LogP contribution in [-0.2, 0) is 0 Å². The molecule has 0 heterocycles. The van der Waals surface area contributed by atoms with E-state index < -0.39 is 15.5 Å². The molecular formula is C13H8Cl2N4O4. The maximum atomic E-state index is 11.0. The number of non-ortho nitro benzene ring substituents is 1. The molecule has 0 aliphatic heterocycles. The predicted octanol–water partition coefficient (Wildman–Crippen LogP) is 4.26. The van der Waals surface area contributed by atoms with Crippen molar-refractivity contribution < 1.29 is 9.85 Å². The third kappa shape index (κ3) is 4.38. The molecule has 0 unspecified atom stereocenters. The molecule has 23 heavy (non-hydrogen) atoms. The van der Waals surface area contributed by atoms with Crippen LogP contribution < -0.4 is 5.43 Å². The van der Waals surface area contributed by atoms with E-state index >= 15 is 0 Å². The smallest absolute Gasteiger partial charge is 0.272 e. The van der Waals surface area contributed by atoms with Gasteiger partial charge in [-0.15, -0.1) is 0 Å². The van der Waals surface area contributed by atoms with Crippen LogP contribution in [0.5, 0.6) is 0 Å². The van der Waals surface area contributed by atoms with Crippen LogP contribution in [0.4, 0.5) is 17.1 Å². The van der Waals surface area contributed by atoms with Gasteiger partial charge in [-0.2, -0.15) is 5.10 Å². The Morgan fingerprint density at radius 3 is 2.22 bits per heavy atom. The van der Waals surface area contributed by atoms with Crippen molar-refractivity contribution in [1.82, 2.24) is 0 Å². The molecule has 2 aromatic carbocycles. The van der Waals surface area contributed by atoms with Gasteiger partial charge in [0.05, 0.1) is 22.1 Å². The summed E-state index contributed by atoms with van der Waals surface area (Å²) in [5.41, 5.74) is 2.23. The van der Waals surface area contributed by atoms with Gasteiger partial charge in [-0.05, 0) is 29.8 Å². The molecule has 0 fully saturated rings. The van der Waals surface area contributed by atoms with E-state index in [1.54, 1.807) is 18.2 Å². The van der Waals surface area contributed by atoms with E-state index in [0.717, 1.165) is 12.1 Å². The van der Waals surface area contributed by atoms with Gasteiger partial charge in [0, 0.05) is 16.1 Å². The summed E-state index contributed by atoms with van der Waals surface area (Å²) in [4.78, 5) is 20.2. The van der Waals surface area contributed by atoms with Gasteiger partial charge in [-0.25, -0.2) is 0 Å². The van der Waals surface area contributed by atoms with Crippen LogP contribution >= 0.6 is 23.2 Å². The van der Waals surface area contributed by atoms with E-state index in [9.17, 15) is 20.2 Å². The van der Waals surface area contributed by atoms with Crippen LogP contribution in [0.1, 0.15) is 5.56 Å². The highest BCUT2D eigenvalue weighted by atomic mass is 35.5. The summed E-state index contributed by atoms with van der Waals surface area (Å²) in [6.07, 6.45) is 1.36. The molecule has 2 aromatic rings. The van der Waals surface area contributed by atoms with Crippen molar-refractivity contribution in [1.29, 1.82) is 0 Å². The van der Waals surface area contributed by atoms with Crippen LogP contribution in [0.15, 0.2) is 41.5 Å². The number of halogens is 2. The average Bonchev–Trinajstić information content (AvgIpc) is 2.46. The Hall–Kier alpha value is -2.71. The lowest BCUT2D eigenvalue weighted by Gasteiger charge is -2.02. The number of nitrogens with one attached hydrogen (secondary N) is 1. The van der Waals surface area contributed by atoms with Gasteiger partial charge < -0.3 is 0 Å². The van der Waals surface area contributed by atoms with Crippen molar-refractivity contribution in [2.45, 2.75) is 0 Å². The largest absolute Gasteiger partial charge is 0.301 e. The molecule has 0 aliphatic carbocycles. The number of benzene rings is 2. The number of anilines is 1. The average molecular weight is 355 g/mol. The van der Waals surface area contributed by atoms with E-state index in [1.807, 2.05) is 0 Å². The van der Waals surface area contributed by atoms with Gasteiger partial charge in [0.1, 0.15) is 5.69 Å². The molecule has 0 atom stereocenters. The fourth-order valence-electron chi connectivity index (χ4n) is 1.71. The zero-order chi connectivity index (χ0) is 17.0. The monoisotopic (exact) mass is 354 g/mol. The maximum Gasteiger partial charge on any atom is 0.301 e. The van der Waals surface area contributed by atoms with E-state index in [2.05, 4.69) is 10.5 Å². The summed E-state index contributed by atoms with van der Waals surface area (Å²) in [7, 11) is 0. The van der Waals surface area contributed by atoms with Gasteiger partial charge >= 0.3 is 5.69 Å². The van der Waals surface area contributed by atoms with Crippen LogP contribution in [0.25, 0.3) is 0 Å². The van der Waals surface area contributed by atoms with Gasteiger partial charge in [0.2, 0.25) is 0 Å². The second kappa shape index (κ2) is 7.03. The topological polar surface area (TPSA) is 111 Å². The normalized spacial score (nSPS) is 10.7. The van der Waals surface area contributed by atoms with Crippen LogP contribution in [0.3, 0.4) is 0 Å². The van der Waals surface area contributed by atoms with Crippen LogP contribution in [0, 0.1) is 20.2 Å². The zero-order valence-corrected chi connectivity index (χ0v) is 12.8. The zero-order valence-electron chi connectivity index (χ0n) is 11.3. The van der Waals surface area contributed by atoms with E-state index in [1.165, 1.54) is 12.3 Å². The molecular weight excluding hydrogens is 347 g/mol. The second-order valence-electron chi connectivity index (χ2n) is 4.29. The first-order valence-corrected chi connectivity index (χ1v) is 6.80. The van der Waals surface area contributed by atoms with Crippen molar-refractivity contribution >= 4 is 46.5 Å². The minimum absolute atomic E-state index is 0.0185. The van der Waals surface area contributed by atoms with Crippen molar-refractivity contribution in [2.24, 2.45) is 5.10 Å². The number of nitro groups is 2. The molecule has 2 rings (SSSR count). The standard InChI is InChI=1S/C13H8Cl2N4O4/c14-9-3-8(4-10(15)5-9)7-16-17-12-2-1-11(18(20)21)6-13(12)19(22)23/h1-7,17H/b16-7+. The van der Waals surface area contributed by atoms with Crippen LogP contribution in [-0.4, -0.2) is 16.1 Å². The first-order chi connectivity index (χ1) is 10.9. The number of nitro benzene ring substituents is 2. The Bertz CT molecular complexity index is 790. The van der Waals surface area contributed by atoms with E-state index in [-0.39, 0.29) is 11.4 Å². The van der Waals surface area contributed by atoms with Crippen molar-refractivity contribution in [2.75, 3.05) is 5.43 Å². The van der Waals surface area contributed by atoms with Crippen molar-refractivity contribution in [3.05, 3.63) is 72.2 Å². The molecule has 118 valence electrons. The third-order valence-electron chi connectivity index (χ3n) is 2.67. The number of hydrogen-bond acceptors (Lipinski definition) is 6. The summed E-state index contributed by atoms with van der Waals surface area (Å²) < 4.78 is 0. The third-order valence-corrected chi connectivity index (χ3v) is 3.11. The Kier molecular flexibility index (Phi) is 5.09. The molecule has 0 aliphatic rings. The van der Waals surface area contributed by atoms with Crippen molar-refractivity contribution in [3.8, 4) is 0 Å². The Morgan fingerprint density at radius 1 is 1.00 bits per heavy atom. The summed E-state index contributed by atoms with van der Waals surface area (Å²) >= 11 is 11.7. The molecule has 1 N–H and O–H groups in total. The lowest BCUT2D eigenvalue weighted by molar-refractivity contribution is -0.393. The quantitative estimate of drug-likeness (QED) is 0.489. The van der Waals surface area contributed by atoms with E-state index in [0.29, 0.717) is 15.6 Å². The maximum absolute atomic E-state index is 11.0. The highest BCUT2D eigenvalue weighted by Crippen LogP contribution is 2.28. The first-order valence-electron chi connectivity index (χ1n) is 6.05. The molecule has 0 amide bonds. The fourth-order valence-corrected chi connectivity index (χ4v) is 2.25. The lowest BCUT2D eigenvalue weighted by Crippen LogP contribution is -1.98. The Labute approximate surface area is 139 Å². The molecule has 0 bridgehead atoms. The minimum Gasteiger partial charge on any atom is -0.272 e. The number of rotatable bonds is 5. The van der Waals surface area contributed by atoms with E-state index in [4.69, 9.17) is 23.2 Å². The summed E-state index contributed by atoms with van der Waals surface area (Å²) in [6, 6.07) is 7.95. The number of nitrogens with zero attached hydrogens (tertiary/aromatic N) is 3. The molecule has 0 spiro atoms. The number of hydrazone groups is 1. The summed E-state index contributed by atoms with van der Waals surface area (Å²) in [5, 5.41) is 26.3. The molecule has 0 saturated heterocycles. The summed E-state index contributed by atoms with van der Waals surface area (Å²) in [5.74, 6) is 0. The summed E-state index contributed by atoms with van der Waals surface area (Å²) in [6.45, 7) is 0. The SMILES string of the molecule is O=[N+]([O-])c1ccc(N/N=C/c2cc(Cl)cc(Cl)c2)c([N+](=O)[O-])c1. The Balaban J connectivity index is 2.24. The molecule has 0 radical (unpaired) electrons. The fraction of sp³-hybridized carbons (Fsp3) is 0. The van der Waals surface area contributed by atoms with Gasteiger partial charge in [-0.1, -0.05) is 23.2 Å². The van der Waals surface area contributed by atoms with Crippen molar-refractivity contribution in [3.63, 3.8) is 0 Å². The second-order valence-corrected chi connectivity index (χ2v) is 5.16.